The third-order valence-electron chi connectivity index (χ3n) is 4.74. The van der Waals surface area contributed by atoms with Gasteiger partial charge in [-0.1, -0.05) is 24.3 Å². The van der Waals surface area contributed by atoms with Gasteiger partial charge in [-0.05, 0) is 61.0 Å². The molecule has 0 aliphatic heterocycles. The highest BCUT2D eigenvalue weighted by Gasteiger charge is 2.23. The van der Waals surface area contributed by atoms with E-state index in [0.29, 0.717) is 16.5 Å². The van der Waals surface area contributed by atoms with E-state index in [4.69, 9.17) is 4.42 Å². The van der Waals surface area contributed by atoms with Gasteiger partial charge in [-0.15, -0.1) is 0 Å². The van der Waals surface area contributed by atoms with Gasteiger partial charge in [0.15, 0.2) is 15.0 Å². The number of hydrogen-bond acceptors (Lipinski definition) is 6. The Morgan fingerprint density at radius 2 is 1.90 bits per heavy atom. The Kier molecular flexibility index (Phi) is 5.44. The molecule has 8 heteroatoms. The molecule has 0 atom stereocenters. The predicted octanol–water partition coefficient (Wildman–Crippen LogP) is 4.84. The zero-order chi connectivity index (χ0) is 21.3. The third-order valence-corrected chi connectivity index (χ3v) is 7.53. The molecule has 0 aliphatic carbocycles. The number of amides is 1. The molecule has 6 nitrogen and oxygen atoms in total. The number of anilines is 1. The summed E-state index contributed by atoms with van der Waals surface area (Å²) in [5.74, 6) is 0.363. The van der Waals surface area contributed by atoms with E-state index in [1.165, 1.54) is 35.6 Å². The Morgan fingerprint density at radius 3 is 2.57 bits per heavy atom. The van der Waals surface area contributed by atoms with E-state index in [1.807, 2.05) is 25.1 Å². The van der Waals surface area contributed by atoms with Crippen LogP contribution >= 0.6 is 11.3 Å². The fraction of sp³-hybridized carbons (Fsp3) is 0.182. The second kappa shape index (κ2) is 8.04. The molecule has 2 aromatic carbocycles. The molecule has 4 aromatic rings. The van der Waals surface area contributed by atoms with Gasteiger partial charge in [0.05, 0.1) is 33.7 Å². The lowest BCUT2D eigenvalue weighted by molar-refractivity contribution is 0.0983. The number of aromatic nitrogens is 1. The van der Waals surface area contributed by atoms with Crippen molar-refractivity contribution < 1.29 is 17.6 Å². The van der Waals surface area contributed by atoms with Gasteiger partial charge in [0.2, 0.25) is 0 Å². The molecule has 30 heavy (non-hydrogen) atoms. The highest BCUT2D eigenvalue weighted by molar-refractivity contribution is 7.91. The molecule has 0 spiro atoms. The van der Waals surface area contributed by atoms with Crippen LogP contribution in [-0.2, 0) is 16.4 Å². The number of carbonyl (C=O) groups excluding carboxylic acids is 1. The maximum atomic E-state index is 13.3. The van der Waals surface area contributed by atoms with Crippen LogP contribution in [0.2, 0.25) is 0 Å². The largest absolute Gasteiger partial charge is 0.467 e. The first-order valence-corrected chi connectivity index (χ1v) is 11.9. The minimum Gasteiger partial charge on any atom is -0.467 e. The Hall–Kier alpha value is -2.97. The molecule has 2 aromatic heterocycles. The number of furan rings is 1. The molecule has 154 valence electrons. The normalized spacial score (nSPS) is 11.7. The maximum absolute atomic E-state index is 13.3. The lowest BCUT2D eigenvalue weighted by Gasteiger charge is -2.19. The quantitative estimate of drug-likeness (QED) is 0.429. The van der Waals surface area contributed by atoms with Gasteiger partial charge in [0, 0.05) is 5.56 Å². The van der Waals surface area contributed by atoms with Crippen molar-refractivity contribution >= 4 is 42.4 Å². The fourth-order valence-electron chi connectivity index (χ4n) is 3.05. The van der Waals surface area contributed by atoms with Crippen molar-refractivity contribution in [1.82, 2.24) is 4.98 Å². The van der Waals surface area contributed by atoms with Crippen LogP contribution in [0.15, 0.2) is 70.2 Å². The third kappa shape index (κ3) is 4.01. The maximum Gasteiger partial charge on any atom is 0.260 e. The number of nitrogens with zero attached hydrogens (tertiary/aromatic N) is 2. The van der Waals surface area contributed by atoms with Crippen molar-refractivity contribution in [2.45, 2.75) is 25.3 Å². The topological polar surface area (TPSA) is 80.5 Å². The van der Waals surface area contributed by atoms with E-state index < -0.39 is 9.84 Å². The highest BCUT2D eigenvalue weighted by Crippen LogP contribution is 2.31. The van der Waals surface area contributed by atoms with Crippen LogP contribution in [0.25, 0.3) is 10.2 Å². The lowest BCUT2D eigenvalue weighted by Crippen LogP contribution is -2.30. The molecular formula is C22H20N2O4S2. The number of hydrogen-bond donors (Lipinski definition) is 0. The Labute approximate surface area is 178 Å². The average molecular weight is 441 g/mol. The van der Waals surface area contributed by atoms with Crippen LogP contribution in [-0.4, -0.2) is 25.1 Å². The van der Waals surface area contributed by atoms with Gasteiger partial charge in [0.1, 0.15) is 5.76 Å². The molecule has 0 aliphatic rings. The minimum atomic E-state index is -3.33. The summed E-state index contributed by atoms with van der Waals surface area (Å²) in [7, 11) is -3.33. The van der Waals surface area contributed by atoms with Crippen molar-refractivity contribution in [2.75, 3.05) is 10.7 Å². The molecular weight excluding hydrogens is 420 g/mol. The van der Waals surface area contributed by atoms with Crippen molar-refractivity contribution in [3.05, 3.63) is 77.7 Å². The number of sulfone groups is 1. The summed E-state index contributed by atoms with van der Waals surface area (Å²) in [6.07, 6.45) is 1.56. The van der Waals surface area contributed by atoms with Crippen LogP contribution in [0, 0.1) is 6.92 Å². The summed E-state index contributed by atoms with van der Waals surface area (Å²) >= 11 is 1.43. The Balaban J connectivity index is 1.72. The molecule has 0 fully saturated rings. The molecule has 4 rings (SSSR count). The standard InChI is InChI=1S/C22H20N2O4S2/c1-3-30(26,27)18-9-7-16(8-10-18)21(25)24(14-17-5-4-12-28-17)22-23-19-11-6-15(2)13-20(19)29-22/h4-13H,3,14H2,1-2H3. The summed E-state index contributed by atoms with van der Waals surface area (Å²) in [5.41, 5.74) is 2.32. The Bertz CT molecular complexity index is 1290. The summed E-state index contributed by atoms with van der Waals surface area (Å²) in [6.45, 7) is 3.82. The second-order valence-corrected chi connectivity index (χ2v) is 10.2. The summed E-state index contributed by atoms with van der Waals surface area (Å²) < 4.78 is 30.6. The molecule has 0 unspecified atom stereocenters. The molecule has 0 bridgehead atoms. The van der Waals surface area contributed by atoms with E-state index in [0.717, 1.165) is 15.8 Å². The van der Waals surface area contributed by atoms with Crippen LogP contribution in [0.1, 0.15) is 28.6 Å². The van der Waals surface area contributed by atoms with E-state index in [1.54, 1.807) is 30.2 Å². The van der Waals surface area contributed by atoms with Crippen molar-refractivity contribution in [3.8, 4) is 0 Å². The van der Waals surface area contributed by atoms with E-state index in [-0.39, 0.29) is 23.1 Å². The minimum absolute atomic E-state index is 0.00995. The van der Waals surface area contributed by atoms with Gasteiger partial charge in [-0.3, -0.25) is 9.69 Å². The second-order valence-electron chi connectivity index (χ2n) is 6.87. The summed E-state index contributed by atoms with van der Waals surface area (Å²) in [6, 6.07) is 15.5. The fourth-order valence-corrected chi connectivity index (χ4v) is 4.99. The first-order chi connectivity index (χ1) is 14.4. The summed E-state index contributed by atoms with van der Waals surface area (Å²) in [5, 5.41) is 0.558. The van der Waals surface area contributed by atoms with Crippen LogP contribution in [0.4, 0.5) is 5.13 Å². The van der Waals surface area contributed by atoms with Gasteiger partial charge in [0.25, 0.3) is 5.91 Å². The van der Waals surface area contributed by atoms with E-state index >= 15 is 0 Å². The first-order valence-electron chi connectivity index (χ1n) is 9.41. The predicted molar refractivity (Wildman–Crippen MR) is 118 cm³/mol. The zero-order valence-corrected chi connectivity index (χ0v) is 18.2. The molecule has 1 amide bonds. The monoisotopic (exact) mass is 440 g/mol. The molecule has 0 N–H and O–H groups in total. The van der Waals surface area contributed by atoms with Crippen molar-refractivity contribution in [3.63, 3.8) is 0 Å². The van der Waals surface area contributed by atoms with Gasteiger partial charge < -0.3 is 4.42 Å². The van der Waals surface area contributed by atoms with Gasteiger partial charge >= 0.3 is 0 Å². The first kappa shape index (κ1) is 20.3. The number of aryl methyl sites for hydroxylation is 1. The molecule has 0 saturated carbocycles. The molecule has 2 heterocycles. The number of rotatable bonds is 6. The Morgan fingerprint density at radius 1 is 1.13 bits per heavy atom. The van der Waals surface area contributed by atoms with Crippen LogP contribution < -0.4 is 4.90 Å². The van der Waals surface area contributed by atoms with E-state index in [2.05, 4.69) is 4.98 Å². The SMILES string of the molecule is CCS(=O)(=O)c1ccc(C(=O)N(Cc2ccco2)c2nc3ccc(C)cc3s2)cc1. The van der Waals surface area contributed by atoms with Crippen LogP contribution in [0.5, 0.6) is 0 Å². The molecule has 0 radical (unpaired) electrons. The number of thiazole rings is 1. The van der Waals surface area contributed by atoms with Crippen LogP contribution in [0.3, 0.4) is 0 Å². The summed E-state index contributed by atoms with van der Waals surface area (Å²) in [4.78, 5) is 19.7. The van der Waals surface area contributed by atoms with Crippen molar-refractivity contribution in [2.24, 2.45) is 0 Å². The van der Waals surface area contributed by atoms with Crippen molar-refractivity contribution in [1.29, 1.82) is 0 Å². The lowest BCUT2D eigenvalue weighted by atomic mass is 10.2. The van der Waals surface area contributed by atoms with Gasteiger partial charge in [-0.2, -0.15) is 0 Å². The number of benzene rings is 2. The van der Waals surface area contributed by atoms with E-state index in [9.17, 15) is 13.2 Å². The van der Waals surface area contributed by atoms with Gasteiger partial charge in [-0.25, -0.2) is 13.4 Å². The number of carbonyl (C=O) groups is 1. The average Bonchev–Trinajstić information content (AvgIpc) is 3.40. The highest BCUT2D eigenvalue weighted by atomic mass is 32.2. The zero-order valence-electron chi connectivity index (χ0n) is 16.5. The molecule has 0 saturated heterocycles. The number of fused-ring (bicyclic) bond motifs is 1. The smallest absolute Gasteiger partial charge is 0.260 e.